The molecule has 0 fully saturated rings. The van der Waals surface area contributed by atoms with Crippen LogP contribution in [0.1, 0.15) is 5.56 Å². The molecule has 6 nitrogen and oxygen atoms in total. The van der Waals surface area contributed by atoms with Crippen LogP contribution in [0.15, 0.2) is 52.0 Å². The summed E-state index contributed by atoms with van der Waals surface area (Å²) in [5, 5.41) is 10.2. The first kappa shape index (κ1) is 16.4. The predicted molar refractivity (Wildman–Crippen MR) is 102 cm³/mol. The maximum Gasteiger partial charge on any atom is 0.276 e. The minimum atomic E-state index is -0.281. The number of fused-ring (bicyclic) bond motifs is 1. The number of ether oxygens (including phenoxy) is 1. The van der Waals surface area contributed by atoms with Crippen LogP contribution in [0.2, 0.25) is 0 Å². The van der Waals surface area contributed by atoms with Gasteiger partial charge in [0.05, 0.1) is 12.8 Å². The first-order valence-electron chi connectivity index (χ1n) is 6.97. The van der Waals surface area contributed by atoms with Gasteiger partial charge in [0.15, 0.2) is 10.8 Å². The highest BCUT2D eigenvalue weighted by Gasteiger charge is 2.28. The van der Waals surface area contributed by atoms with E-state index in [1.165, 1.54) is 0 Å². The van der Waals surface area contributed by atoms with Crippen LogP contribution in [-0.2, 0) is 4.79 Å². The van der Waals surface area contributed by atoms with Crippen molar-refractivity contribution in [1.82, 2.24) is 5.43 Å². The second-order valence-corrected chi connectivity index (χ2v) is 6.13. The van der Waals surface area contributed by atoms with Gasteiger partial charge in [0.2, 0.25) is 0 Å². The second kappa shape index (κ2) is 6.98. The van der Waals surface area contributed by atoms with Gasteiger partial charge in [0, 0.05) is 15.7 Å². The van der Waals surface area contributed by atoms with Crippen molar-refractivity contribution in [1.29, 1.82) is 0 Å². The molecule has 0 aliphatic carbocycles. The van der Waals surface area contributed by atoms with Gasteiger partial charge >= 0.3 is 0 Å². The third kappa shape index (κ3) is 3.39. The lowest BCUT2D eigenvalue weighted by Crippen LogP contribution is -2.27. The molecule has 1 aliphatic heterocycles. The Labute approximate surface area is 152 Å². The molecule has 24 heavy (non-hydrogen) atoms. The number of methoxy groups -OCH3 is 1. The fourth-order valence-electron chi connectivity index (χ4n) is 2.21. The monoisotopic (exact) mass is 404 g/mol. The zero-order valence-electron chi connectivity index (χ0n) is 12.6. The quantitative estimate of drug-likeness (QED) is 0.541. The van der Waals surface area contributed by atoms with Crippen LogP contribution in [-0.4, -0.2) is 23.8 Å². The summed E-state index contributed by atoms with van der Waals surface area (Å²) in [6.45, 7) is 0. The number of hydrogen-bond donors (Lipinski definition) is 3. The van der Waals surface area contributed by atoms with E-state index >= 15 is 0 Å². The molecule has 0 bridgehead atoms. The molecule has 2 aromatic carbocycles. The molecule has 8 heteroatoms. The molecule has 0 unspecified atom stereocenters. The lowest BCUT2D eigenvalue weighted by Gasteiger charge is -2.08. The number of benzene rings is 2. The third-order valence-corrected chi connectivity index (χ3v) is 4.19. The number of halogens is 1. The van der Waals surface area contributed by atoms with E-state index in [9.17, 15) is 4.79 Å². The van der Waals surface area contributed by atoms with Crippen LogP contribution in [0.25, 0.3) is 0 Å². The van der Waals surface area contributed by atoms with E-state index < -0.39 is 0 Å². The van der Waals surface area contributed by atoms with E-state index in [1.54, 1.807) is 7.11 Å². The summed E-state index contributed by atoms with van der Waals surface area (Å²) in [6, 6.07) is 12.8. The number of nitrogens with one attached hydrogen (secondary N) is 3. The van der Waals surface area contributed by atoms with Crippen molar-refractivity contribution in [2.75, 3.05) is 17.7 Å². The van der Waals surface area contributed by atoms with Crippen molar-refractivity contribution in [3.8, 4) is 5.75 Å². The van der Waals surface area contributed by atoms with Crippen LogP contribution in [0.4, 0.5) is 11.4 Å². The average Bonchev–Trinajstić information content (AvgIpc) is 2.90. The van der Waals surface area contributed by atoms with Crippen molar-refractivity contribution < 1.29 is 9.53 Å². The van der Waals surface area contributed by atoms with Gasteiger partial charge in [-0.2, -0.15) is 5.10 Å². The Kier molecular flexibility index (Phi) is 4.77. The highest BCUT2D eigenvalue weighted by Crippen LogP contribution is 2.30. The Hall–Kier alpha value is -2.45. The van der Waals surface area contributed by atoms with Gasteiger partial charge in [-0.1, -0.05) is 22.0 Å². The minimum absolute atomic E-state index is 0.274. The summed E-state index contributed by atoms with van der Waals surface area (Å²) < 4.78 is 5.88. The number of thiocarbonyl (C=S) groups is 1. The molecular weight excluding hydrogens is 392 g/mol. The van der Waals surface area contributed by atoms with Gasteiger partial charge < -0.3 is 15.4 Å². The topological polar surface area (TPSA) is 74.8 Å². The molecule has 0 saturated heterocycles. The number of nitrogens with zero attached hydrogens (tertiary/aromatic N) is 1. The molecule has 1 amide bonds. The first-order valence-corrected chi connectivity index (χ1v) is 8.17. The molecule has 0 spiro atoms. The number of rotatable bonds is 3. The molecule has 3 rings (SSSR count). The summed E-state index contributed by atoms with van der Waals surface area (Å²) in [4.78, 5) is 12.0. The number of anilines is 2. The Morgan fingerprint density at radius 1 is 1.25 bits per heavy atom. The molecular formula is C16H13BrN4O2S. The maximum atomic E-state index is 12.0. The molecule has 1 heterocycles. The van der Waals surface area contributed by atoms with Crippen LogP contribution in [0, 0.1) is 0 Å². The van der Waals surface area contributed by atoms with Crippen LogP contribution < -0.4 is 20.8 Å². The van der Waals surface area contributed by atoms with E-state index in [1.807, 2.05) is 42.5 Å². The summed E-state index contributed by atoms with van der Waals surface area (Å²) >= 11 is 8.63. The number of hydrogen-bond acceptors (Lipinski definition) is 4. The molecule has 0 radical (unpaired) electrons. The zero-order valence-corrected chi connectivity index (χ0v) is 15.0. The first-order chi connectivity index (χ1) is 11.6. The Morgan fingerprint density at radius 3 is 2.71 bits per heavy atom. The Balaban J connectivity index is 1.71. The number of hydrazone groups is 1. The van der Waals surface area contributed by atoms with E-state index in [-0.39, 0.29) is 16.7 Å². The smallest absolute Gasteiger partial charge is 0.276 e. The molecule has 2 aromatic rings. The van der Waals surface area contributed by atoms with Gasteiger partial charge in [0.25, 0.3) is 5.91 Å². The van der Waals surface area contributed by atoms with Gasteiger partial charge in [-0.05, 0) is 48.6 Å². The standard InChI is InChI=1S/C16H13BrN4O2S/c1-23-10-7-5-9(6-8-10)18-16(24)21-20-14-13-11(17)3-2-4-12(13)19-15(14)22/h2-8H,1H3,(H2,18,21,24)(H,19,20,22). The highest BCUT2D eigenvalue weighted by molar-refractivity contribution is 9.10. The van der Waals surface area contributed by atoms with Crippen LogP contribution in [0.3, 0.4) is 0 Å². The Bertz CT molecular complexity index is 836. The SMILES string of the molecule is COc1ccc(NC(=S)N/N=C2\C(=O)Nc3cccc(Br)c32)cc1. The van der Waals surface area contributed by atoms with Gasteiger partial charge in [0.1, 0.15) is 5.75 Å². The van der Waals surface area contributed by atoms with Crippen LogP contribution >= 0.6 is 28.1 Å². The summed E-state index contributed by atoms with van der Waals surface area (Å²) in [5.74, 6) is 0.473. The zero-order chi connectivity index (χ0) is 17.1. The summed E-state index contributed by atoms with van der Waals surface area (Å²) in [5.41, 5.74) is 5.18. The van der Waals surface area contributed by atoms with E-state index in [4.69, 9.17) is 17.0 Å². The third-order valence-electron chi connectivity index (χ3n) is 3.33. The van der Waals surface area contributed by atoms with Gasteiger partial charge in [-0.3, -0.25) is 10.2 Å². The van der Waals surface area contributed by atoms with Gasteiger partial charge in [-0.15, -0.1) is 0 Å². The fourth-order valence-corrected chi connectivity index (χ4v) is 2.93. The van der Waals surface area contributed by atoms with E-state index in [0.717, 1.165) is 15.9 Å². The molecule has 0 saturated carbocycles. The van der Waals surface area contributed by atoms with Crippen molar-refractivity contribution >= 4 is 56.3 Å². The minimum Gasteiger partial charge on any atom is -0.497 e. The van der Waals surface area contributed by atoms with Gasteiger partial charge in [-0.25, -0.2) is 0 Å². The van der Waals surface area contributed by atoms with E-state index in [0.29, 0.717) is 11.3 Å². The number of carbonyl (C=O) groups excluding carboxylic acids is 1. The largest absolute Gasteiger partial charge is 0.497 e. The summed E-state index contributed by atoms with van der Waals surface area (Å²) in [7, 11) is 1.60. The molecule has 1 aliphatic rings. The predicted octanol–water partition coefficient (Wildman–Crippen LogP) is 3.10. The van der Waals surface area contributed by atoms with Crippen molar-refractivity contribution in [3.63, 3.8) is 0 Å². The number of carbonyl (C=O) groups is 1. The van der Waals surface area contributed by atoms with Crippen molar-refractivity contribution in [2.24, 2.45) is 5.10 Å². The second-order valence-electron chi connectivity index (χ2n) is 4.87. The highest BCUT2D eigenvalue weighted by atomic mass is 79.9. The lowest BCUT2D eigenvalue weighted by molar-refractivity contribution is -0.110. The van der Waals surface area contributed by atoms with Crippen molar-refractivity contribution in [2.45, 2.75) is 0 Å². The molecule has 3 N–H and O–H groups in total. The molecule has 122 valence electrons. The number of amides is 1. The fraction of sp³-hybridized carbons (Fsp3) is 0.0625. The lowest BCUT2D eigenvalue weighted by atomic mass is 10.1. The molecule has 0 atom stereocenters. The summed E-state index contributed by atoms with van der Waals surface area (Å²) in [6.07, 6.45) is 0. The average molecular weight is 405 g/mol. The van der Waals surface area contributed by atoms with Crippen LogP contribution in [0.5, 0.6) is 5.75 Å². The molecule has 0 aromatic heterocycles. The maximum absolute atomic E-state index is 12.0. The van der Waals surface area contributed by atoms with E-state index in [2.05, 4.69) is 37.1 Å². The Morgan fingerprint density at radius 2 is 2.00 bits per heavy atom. The normalized spacial score (nSPS) is 14.1. The van der Waals surface area contributed by atoms with Crippen molar-refractivity contribution in [3.05, 3.63) is 52.5 Å².